The molecule has 0 aromatic heterocycles. The lowest BCUT2D eigenvalue weighted by Crippen LogP contribution is -2.37. The molecule has 0 aromatic rings. The first-order chi connectivity index (χ1) is 7.77. The lowest BCUT2D eigenvalue weighted by Gasteiger charge is -2.34. The van der Waals surface area contributed by atoms with E-state index in [0.717, 1.165) is 17.7 Å². The van der Waals surface area contributed by atoms with Crippen molar-refractivity contribution in [3.8, 4) is 0 Å². The van der Waals surface area contributed by atoms with Crippen molar-refractivity contribution in [1.29, 1.82) is 0 Å². The fourth-order valence-corrected chi connectivity index (χ4v) is 3.24. The SMILES string of the molecule is CCN(CCC(C)CCS)C1CCCCC1. The molecule has 1 rings (SSSR count). The van der Waals surface area contributed by atoms with E-state index < -0.39 is 0 Å². The fourth-order valence-electron chi connectivity index (χ4n) is 2.80. The van der Waals surface area contributed by atoms with Crippen LogP contribution in [0.1, 0.15) is 58.8 Å². The Labute approximate surface area is 107 Å². The molecule has 0 aromatic carbocycles. The van der Waals surface area contributed by atoms with Crippen molar-refractivity contribution in [2.45, 2.75) is 64.8 Å². The third kappa shape index (κ3) is 5.09. The summed E-state index contributed by atoms with van der Waals surface area (Å²) in [6, 6.07) is 0.891. The summed E-state index contributed by atoms with van der Waals surface area (Å²) in [6.45, 7) is 7.22. The van der Waals surface area contributed by atoms with Gasteiger partial charge >= 0.3 is 0 Å². The first-order valence-electron chi connectivity index (χ1n) is 7.12. The average Bonchev–Trinajstić information content (AvgIpc) is 2.31. The Morgan fingerprint density at radius 2 is 1.88 bits per heavy atom. The van der Waals surface area contributed by atoms with Crippen LogP contribution in [0.4, 0.5) is 0 Å². The van der Waals surface area contributed by atoms with Gasteiger partial charge in [-0.15, -0.1) is 0 Å². The van der Waals surface area contributed by atoms with Crippen LogP contribution in [-0.2, 0) is 0 Å². The first kappa shape index (κ1) is 14.4. The third-order valence-corrected chi connectivity index (χ3v) is 4.29. The molecule has 2 heteroatoms. The molecule has 0 radical (unpaired) electrons. The molecule has 1 aliphatic carbocycles. The molecule has 1 saturated carbocycles. The second-order valence-corrected chi connectivity index (χ2v) is 5.77. The van der Waals surface area contributed by atoms with Gasteiger partial charge in [-0.2, -0.15) is 12.6 Å². The zero-order valence-electron chi connectivity index (χ0n) is 11.1. The maximum Gasteiger partial charge on any atom is 0.00951 e. The normalized spacial score (nSPS) is 20.2. The van der Waals surface area contributed by atoms with E-state index in [1.54, 1.807) is 0 Å². The summed E-state index contributed by atoms with van der Waals surface area (Å²) in [5.74, 6) is 1.88. The number of hydrogen-bond acceptors (Lipinski definition) is 2. The largest absolute Gasteiger partial charge is 0.301 e. The van der Waals surface area contributed by atoms with Crippen LogP contribution in [0.2, 0.25) is 0 Å². The van der Waals surface area contributed by atoms with Crippen molar-refractivity contribution in [2.24, 2.45) is 5.92 Å². The fraction of sp³-hybridized carbons (Fsp3) is 1.00. The number of nitrogens with zero attached hydrogens (tertiary/aromatic N) is 1. The molecule has 0 amide bonds. The third-order valence-electron chi connectivity index (χ3n) is 4.03. The topological polar surface area (TPSA) is 3.24 Å². The van der Waals surface area contributed by atoms with Crippen LogP contribution in [-0.4, -0.2) is 29.8 Å². The predicted molar refractivity (Wildman–Crippen MR) is 76.4 cm³/mol. The van der Waals surface area contributed by atoms with Crippen LogP contribution in [0.5, 0.6) is 0 Å². The number of rotatable bonds is 7. The molecule has 96 valence electrons. The molecule has 0 bridgehead atoms. The lowest BCUT2D eigenvalue weighted by atomic mass is 9.93. The van der Waals surface area contributed by atoms with E-state index in [1.807, 2.05) is 0 Å². The summed E-state index contributed by atoms with van der Waals surface area (Å²) >= 11 is 4.32. The van der Waals surface area contributed by atoms with E-state index >= 15 is 0 Å². The zero-order valence-corrected chi connectivity index (χ0v) is 12.0. The minimum absolute atomic E-state index is 0.843. The van der Waals surface area contributed by atoms with Crippen molar-refractivity contribution >= 4 is 12.6 Å². The van der Waals surface area contributed by atoms with E-state index in [0.29, 0.717) is 0 Å². The molecule has 0 spiro atoms. The van der Waals surface area contributed by atoms with Gasteiger partial charge in [0.1, 0.15) is 0 Å². The maximum atomic E-state index is 4.32. The van der Waals surface area contributed by atoms with Gasteiger partial charge in [0.15, 0.2) is 0 Å². The monoisotopic (exact) mass is 243 g/mol. The first-order valence-corrected chi connectivity index (χ1v) is 7.76. The minimum atomic E-state index is 0.843. The molecule has 16 heavy (non-hydrogen) atoms. The van der Waals surface area contributed by atoms with Crippen molar-refractivity contribution in [2.75, 3.05) is 18.8 Å². The Hall–Kier alpha value is 0.310. The molecule has 1 atom stereocenters. The highest BCUT2D eigenvalue weighted by Gasteiger charge is 2.19. The highest BCUT2D eigenvalue weighted by Crippen LogP contribution is 2.23. The summed E-state index contributed by atoms with van der Waals surface area (Å²) in [7, 11) is 0. The van der Waals surface area contributed by atoms with E-state index in [2.05, 4.69) is 31.4 Å². The summed E-state index contributed by atoms with van der Waals surface area (Å²) < 4.78 is 0. The number of hydrogen-bond donors (Lipinski definition) is 1. The Balaban J connectivity index is 2.24. The Morgan fingerprint density at radius 1 is 1.19 bits per heavy atom. The molecule has 0 aliphatic heterocycles. The molecule has 0 heterocycles. The average molecular weight is 243 g/mol. The van der Waals surface area contributed by atoms with Crippen LogP contribution >= 0.6 is 12.6 Å². The highest BCUT2D eigenvalue weighted by atomic mass is 32.1. The summed E-state index contributed by atoms with van der Waals surface area (Å²) in [4.78, 5) is 2.72. The second kappa shape index (κ2) is 8.41. The van der Waals surface area contributed by atoms with E-state index in [1.165, 1.54) is 58.0 Å². The lowest BCUT2D eigenvalue weighted by molar-refractivity contribution is 0.154. The Morgan fingerprint density at radius 3 is 2.44 bits per heavy atom. The van der Waals surface area contributed by atoms with Crippen molar-refractivity contribution in [1.82, 2.24) is 4.90 Å². The van der Waals surface area contributed by atoms with Gasteiger partial charge in [-0.05, 0) is 50.4 Å². The molecule has 0 saturated heterocycles. The summed E-state index contributed by atoms with van der Waals surface area (Å²) in [5.41, 5.74) is 0. The van der Waals surface area contributed by atoms with E-state index in [4.69, 9.17) is 0 Å². The van der Waals surface area contributed by atoms with Crippen LogP contribution in [0.3, 0.4) is 0 Å². The maximum absolute atomic E-state index is 4.32. The van der Waals surface area contributed by atoms with Gasteiger partial charge in [0.2, 0.25) is 0 Å². The van der Waals surface area contributed by atoms with Gasteiger partial charge in [-0.1, -0.05) is 33.1 Å². The van der Waals surface area contributed by atoms with Crippen molar-refractivity contribution in [3.63, 3.8) is 0 Å². The van der Waals surface area contributed by atoms with Gasteiger partial charge in [-0.3, -0.25) is 0 Å². The molecule has 0 N–H and O–H groups in total. The van der Waals surface area contributed by atoms with Crippen LogP contribution in [0.15, 0.2) is 0 Å². The molecule has 1 unspecified atom stereocenters. The van der Waals surface area contributed by atoms with Gasteiger partial charge < -0.3 is 4.90 Å². The van der Waals surface area contributed by atoms with Gasteiger partial charge in [0.25, 0.3) is 0 Å². The highest BCUT2D eigenvalue weighted by molar-refractivity contribution is 7.80. The molecular formula is C14H29NS. The summed E-state index contributed by atoms with van der Waals surface area (Å²) in [6.07, 6.45) is 9.87. The molecule has 1 nitrogen and oxygen atoms in total. The minimum Gasteiger partial charge on any atom is -0.301 e. The smallest absolute Gasteiger partial charge is 0.00951 e. The van der Waals surface area contributed by atoms with Gasteiger partial charge in [0.05, 0.1) is 0 Å². The predicted octanol–water partition coefficient (Wildman–Crippen LogP) is 3.99. The Bertz CT molecular complexity index is 166. The van der Waals surface area contributed by atoms with E-state index in [9.17, 15) is 0 Å². The van der Waals surface area contributed by atoms with Gasteiger partial charge in [-0.25, -0.2) is 0 Å². The van der Waals surface area contributed by atoms with Crippen LogP contribution < -0.4 is 0 Å². The molecule has 1 fully saturated rings. The van der Waals surface area contributed by atoms with Crippen molar-refractivity contribution in [3.05, 3.63) is 0 Å². The van der Waals surface area contributed by atoms with Crippen molar-refractivity contribution < 1.29 is 0 Å². The van der Waals surface area contributed by atoms with Crippen LogP contribution in [0, 0.1) is 5.92 Å². The second-order valence-electron chi connectivity index (χ2n) is 5.33. The molecule has 1 aliphatic rings. The Kier molecular flexibility index (Phi) is 7.55. The zero-order chi connectivity index (χ0) is 11.8. The van der Waals surface area contributed by atoms with Crippen LogP contribution in [0.25, 0.3) is 0 Å². The summed E-state index contributed by atoms with van der Waals surface area (Å²) in [5, 5.41) is 0. The quantitative estimate of drug-likeness (QED) is 0.662. The molecular weight excluding hydrogens is 214 g/mol. The number of thiol groups is 1. The van der Waals surface area contributed by atoms with E-state index in [-0.39, 0.29) is 0 Å². The van der Waals surface area contributed by atoms with Gasteiger partial charge in [0, 0.05) is 6.04 Å². The standard InChI is InChI=1S/C14H29NS/c1-3-15(11-9-13(2)10-12-16)14-7-5-4-6-8-14/h13-14,16H,3-12H2,1-2H3.